The molecule has 2 amide bonds. The van der Waals surface area contributed by atoms with Gasteiger partial charge in [0, 0.05) is 32.5 Å². The molecule has 0 radical (unpaired) electrons. The predicted molar refractivity (Wildman–Crippen MR) is 149 cm³/mol. The number of carbonyl (C=O) groups excluding carboxylic acids is 3. The molecular formula is C30H43N3O7. The third-order valence-electron chi connectivity index (χ3n) is 7.28. The summed E-state index contributed by atoms with van der Waals surface area (Å²) in [7, 11) is 1.55. The summed E-state index contributed by atoms with van der Waals surface area (Å²) in [5.74, 6) is -0.642. The maximum atomic E-state index is 13.5. The Kier molecular flexibility index (Phi) is 11.3. The van der Waals surface area contributed by atoms with Crippen molar-refractivity contribution in [3.63, 3.8) is 0 Å². The van der Waals surface area contributed by atoms with E-state index in [1.54, 1.807) is 32.3 Å². The average Bonchev–Trinajstić information content (AvgIpc) is 3.53. The van der Waals surface area contributed by atoms with Crippen LogP contribution in [0.25, 0.3) is 0 Å². The van der Waals surface area contributed by atoms with Crippen LogP contribution in [0.5, 0.6) is 0 Å². The highest BCUT2D eigenvalue weighted by Gasteiger charge is 2.39. The Morgan fingerprint density at radius 3 is 2.65 bits per heavy atom. The molecule has 2 unspecified atom stereocenters. The van der Waals surface area contributed by atoms with Crippen molar-refractivity contribution >= 4 is 17.8 Å². The molecule has 0 aromatic carbocycles. The summed E-state index contributed by atoms with van der Waals surface area (Å²) in [5.41, 5.74) is 0.993. The topological polar surface area (TPSA) is 131 Å². The zero-order valence-electron chi connectivity index (χ0n) is 24.4. The summed E-state index contributed by atoms with van der Waals surface area (Å²) < 4.78 is 17.3. The van der Waals surface area contributed by atoms with Crippen LogP contribution < -0.4 is 5.32 Å². The first kappa shape index (κ1) is 31.3. The van der Waals surface area contributed by atoms with Crippen LogP contribution in [0.4, 0.5) is 0 Å². The number of cyclic esters (lactones) is 1. The Hall–Kier alpha value is -3.24. The van der Waals surface area contributed by atoms with Gasteiger partial charge in [-0.1, -0.05) is 50.6 Å². The number of carbonyl (C=O) groups is 3. The molecule has 10 nitrogen and oxygen atoms in total. The minimum Gasteiger partial charge on any atom is -0.460 e. The number of aliphatic hydroxyl groups excluding tert-OH is 1. The van der Waals surface area contributed by atoms with Gasteiger partial charge in [-0.15, -0.1) is 0 Å². The molecule has 1 aromatic heterocycles. The maximum absolute atomic E-state index is 13.5. The van der Waals surface area contributed by atoms with Crippen LogP contribution in [0.1, 0.15) is 69.1 Å². The SMILES string of the molecule is COC1Cc2nc(c(C)o2)C(=O)N2CCCC2C(=O)O[C@H](C(C)C)[C@H](C)/C=C\C(=O)NC/C=C\C(C)=C/[C@@H](O)C1. The van der Waals surface area contributed by atoms with Gasteiger partial charge in [-0.2, -0.15) is 0 Å². The first-order valence-electron chi connectivity index (χ1n) is 14.0. The molecule has 1 fully saturated rings. The Morgan fingerprint density at radius 2 is 1.95 bits per heavy atom. The first-order chi connectivity index (χ1) is 19.0. The lowest BCUT2D eigenvalue weighted by Crippen LogP contribution is -2.44. The Labute approximate surface area is 236 Å². The zero-order chi connectivity index (χ0) is 29.4. The van der Waals surface area contributed by atoms with E-state index in [4.69, 9.17) is 13.9 Å². The molecule has 3 heterocycles. The smallest absolute Gasteiger partial charge is 0.329 e. The van der Waals surface area contributed by atoms with Crippen molar-refractivity contribution < 1.29 is 33.4 Å². The highest BCUT2D eigenvalue weighted by atomic mass is 16.5. The van der Waals surface area contributed by atoms with E-state index in [2.05, 4.69) is 10.3 Å². The molecule has 1 aromatic rings. The predicted octanol–water partition coefficient (Wildman–Crippen LogP) is 3.29. The van der Waals surface area contributed by atoms with Crippen molar-refractivity contribution in [3.8, 4) is 0 Å². The van der Waals surface area contributed by atoms with E-state index in [1.807, 2.05) is 33.8 Å². The lowest BCUT2D eigenvalue weighted by atomic mass is 9.94. The van der Waals surface area contributed by atoms with Gasteiger partial charge < -0.3 is 29.2 Å². The lowest BCUT2D eigenvalue weighted by molar-refractivity contribution is -0.158. The number of fused-ring (bicyclic) bond motifs is 3. The third-order valence-corrected chi connectivity index (χ3v) is 7.28. The van der Waals surface area contributed by atoms with Crippen LogP contribution in [-0.2, 0) is 25.5 Å². The zero-order valence-corrected chi connectivity index (χ0v) is 24.4. The van der Waals surface area contributed by atoms with E-state index in [9.17, 15) is 19.5 Å². The van der Waals surface area contributed by atoms with E-state index in [-0.39, 0.29) is 35.8 Å². The number of ether oxygens (including phenoxy) is 2. The van der Waals surface area contributed by atoms with E-state index in [0.29, 0.717) is 44.0 Å². The number of nitrogens with one attached hydrogen (secondary N) is 1. The number of methoxy groups -OCH3 is 1. The Bertz CT molecular complexity index is 1140. The first-order valence-corrected chi connectivity index (χ1v) is 14.0. The van der Waals surface area contributed by atoms with Gasteiger partial charge in [-0.05, 0) is 38.7 Å². The quantitative estimate of drug-likeness (QED) is 0.530. The van der Waals surface area contributed by atoms with Crippen LogP contribution in [0.2, 0.25) is 0 Å². The number of aryl methyl sites for hydroxylation is 1. The minimum absolute atomic E-state index is 0.00573. The van der Waals surface area contributed by atoms with E-state index in [1.165, 1.54) is 11.0 Å². The number of aromatic nitrogens is 1. The number of aliphatic hydroxyl groups is 1. The molecule has 3 rings (SSSR count). The summed E-state index contributed by atoms with van der Waals surface area (Å²) >= 11 is 0. The monoisotopic (exact) mass is 557 g/mol. The molecular weight excluding hydrogens is 514 g/mol. The molecule has 0 spiro atoms. The average molecular weight is 558 g/mol. The van der Waals surface area contributed by atoms with Crippen LogP contribution in [0.15, 0.2) is 40.4 Å². The van der Waals surface area contributed by atoms with E-state index >= 15 is 0 Å². The largest absolute Gasteiger partial charge is 0.460 e. The summed E-state index contributed by atoms with van der Waals surface area (Å²) in [5, 5.41) is 13.4. The lowest BCUT2D eigenvalue weighted by Gasteiger charge is -2.29. The second kappa shape index (κ2) is 14.4. The number of hydrogen-bond acceptors (Lipinski definition) is 8. The highest BCUT2D eigenvalue weighted by molar-refractivity contribution is 5.96. The van der Waals surface area contributed by atoms with Gasteiger partial charge >= 0.3 is 5.97 Å². The van der Waals surface area contributed by atoms with E-state index in [0.717, 1.165) is 5.57 Å². The van der Waals surface area contributed by atoms with Gasteiger partial charge in [0.2, 0.25) is 5.91 Å². The van der Waals surface area contributed by atoms with Crippen molar-refractivity contribution in [2.45, 2.75) is 84.7 Å². The molecule has 2 aliphatic heterocycles. The number of hydrogen-bond donors (Lipinski definition) is 2. The van der Waals surface area contributed by atoms with Gasteiger partial charge in [0.1, 0.15) is 17.9 Å². The number of amides is 2. The minimum atomic E-state index is -0.780. The van der Waals surface area contributed by atoms with Crippen molar-refractivity contribution in [3.05, 3.63) is 53.3 Å². The summed E-state index contributed by atoms with van der Waals surface area (Å²) in [6.45, 7) is 10.1. The van der Waals surface area contributed by atoms with Crippen LogP contribution >= 0.6 is 0 Å². The molecule has 5 atom stereocenters. The molecule has 2 aliphatic rings. The molecule has 2 N–H and O–H groups in total. The highest BCUT2D eigenvalue weighted by Crippen LogP contribution is 2.26. The Morgan fingerprint density at radius 1 is 1.20 bits per heavy atom. The summed E-state index contributed by atoms with van der Waals surface area (Å²) in [6, 6.07) is -0.724. The number of rotatable bonds is 2. The fourth-order valence-electron chi connectivity index (χ4n) is 5.16. The summed E-state index contributed by atoms with van der Waals surface area (Å²) in [4.78, 5) is 45.1. The fraction of sp³-hybridized carbons (Fsp3) is 0.600. The number of esters is 1. The molecule has 40 heavy (non-hydrogen) atoms. The van der Waals surface area contributed by atoms with Crippen molar-refractivity contribution in [1.29, 1.82) is 0 Å². The number of oxazole rings is 1. The molecule has 10 heteroatoms. The molecule has 0 aliphatic carbocycles. The van der Waals surface area contributed by atoms with Crippen LogP contribution in [0, 0.1) is 18.8 Å². The summed E-state index contributed by atoms with van der Waals surface area (Å²) in [6.07, 6.45) is 8.60. The van der Waals surface area contributed by atoms with Gasteiger partial charge in [0.25, 0.3) is 5.91 Å². The Balaban J connectivity index is 1.91. The fourth-order valence-corrected chi connectivity index (χ4v) is 5.16. The van der Waals surface area contributed by atoms with Gasteiger partial charge in [-0.3, -0.25) is 9.59 Å². The molecule has 220 valence electrons. The van der Waals surface area contributed by atoms with Crippen LogP contribution in [-0.4, -0.2) is 77.3 Å². The molecule has 0 saturated carbocycles. The van der Waals surface area contributed by atoms with Gasteiger partial charge in [0.05, 0.1) is 18.6 Å². The van der Waals surface area contributed by atoms with Crippen molar-refractivity contribution in [2.24, 2.45) is 11.8 Å². The van der Waals surface area contributed by atoms with Crippen molar-refractivity contribution in [2.75, 3.05) is 20.2 Å². The van der Waals surface area contributed by atoms with Gasteiger partial charge in [0.15, 0.2) is 11.6 Å². The van der Waals surface area contributed by atoms with Gasteiger partial charge in [-0.25, -0.2) is 9.78 Å². The second-order valence-corrected chi connectivity index (χ2v) is 11.0. The molecule has 2 bridgehead atoms. The second-order valence-electron chi connectivity index (χ2n) is 11.0. The molecule has 1 saturated heterocycles. The number of allylic oxidation sites excluding steroid dienone is 2. The normalized spacial score (nSPS) is 30.7. The van der Waals surface area contributed by atoms with Crippen molar-refractivity contribution in [1.82, 2.24) is 15.2 Å². The van der Waals surface area contributed by atoms with Crippen LogP contribution in [0.3, 0.4) is 0 Å². The maximum Gasteiger partial charge on any atom is 0.329 e. The number of nitrogens with zero attached hydrogens (tertiary/aromatic N) is 2. The van der Waals surface area contributed by atoms with E-state index < -0.39 is 30.3 Å². The third kappa shape index (κ3) is 8.38. The standard InChI is InChI=1S/C30H43N3O7/c1-18(2)28-20(4)11-12-25(35)31-13-7-9-19(3)15-22(34)16-23(38-6)17-26-32-27(21(5)39-26)29(36)33-14-8-10-24(33)30(37)40-28/h7,9,11-12,15,18,20,22-24,28,34H,8,10,13-14,16-17H2,1-6H3,(H,31,35)/b9-7-,12-11-,19-15-/t20-,22-,23?,24?,28-/m1/s1.